The summed E-state index contributed by atoms with van der Waals surface area (Å²) in [4.78, 5) is 31.3. The third-order valence-electron chi connectivity index (χ3n) is 3.39. The van der Waals surface area contributed by atoms with Crippen molar-refractivity contribution in [1.29, 1.82) is 0 Å². The number of aromatic nitrogens is 2. The zero-order chi connectivity index (χ0) is 16.4. The van der Waals surface area contributed by atoms with Crippen molar-refractivity contribution in [3.8, 4) is 5.75 Å². The molecule has 0 bridgehead atoms. The zero-order valence-corrected chi connectivity index (χ0v) is 13.1. The van der Waals surface area contributed by atoms with E-state index in [4.69, 9.17) is 16.3 Å². The Morgan fingerprint density at radius 3 is 2.65 bits per heavy atom. The van der Waals surface area contributed by atoms with Crippen LogP contribution in [0.4, 0.5) is 0 Å². The van der Waals surface area contributed by atoms with E-state index in [1.807, 2.05) is 0 Å². The smallest absolute Gasteiger partial charge is 0.310 e. The highest BCUT2D eigenvalue weighted by atomic mass is 35.5. The molecule has 3 rings (SSSR count). The van der Waals surface area contributed by atoms with Crippen LogP contribution in [0.2, 0.25) is 5.02 Å². The molecule has 0 aliphatic heterocycles. The molecule has 0 fully saturated rings. The van der Waals surface area contributed by atoms with Gasteiger partial charge in [-0.3, -0.25) is 14.6 Å². The molecule has 2 heterocycles. The Hall–Kier alpha value is -2.66. The highest BCUT2D eigenvalue weighted by Crippen LogP contribution is 2.33. The normalized spacial score (nSPS) is 10.7. The molecule has 5 nitrogen and oxygen atoms in total. The fourth-order valence-electron chi connectivity index (χ4n) is 2.24. The molecule has 0 aliphatic rings. The lowest BCUT2D eigenvalue weighted by molar-refractivity contribution is -0.133. The maximum atomic E-state index is 12.7. The second-order valence-corrected chi connectivity index (χ2v) is 5.35. The van der Waals surface area contributed by atoms with Gasteiger partial charge in [0.1, 0.15) is 5.69 Å². The van der Waals surface area contributed by atoms with Crippen LogP contribution < -0.4 is 4.74 Å². The SMILES string of the molecule is CCC(=O)Oc1c(C(=O)c2ccncc2)[nH]c2cc(Cl)ccc12. The molecule has 3 aromatic rings. The van der Waals surface area contributed by atoms with Crippen molar-refractivity contribution in [2.45, 2.75) is 13.3 Å². The molecule has 0 atom stereocenters. The summed E-state index contributed by atoms with van der Waals surface area (Å²) >= 11 is 5.99. The van der Waals surface area contributed by atoms with Crippen LogP contribution in [-0.2, 0) is 4.79 Å². The topological polar surface area (TPSA) is 72.1 Å². The molecule has 0 saturated heterocycles. The Kier molecular flexibility index (Phi) is 4.12. The zero-order valence-electron chi connectivity index (χ0n) is 12.3. The molecule has 23 heavy (non-hydrogen) atoms. The van der Waals surface area contributed by atoms with Gasteiger partial charge in [0.2, 0.25) is 5.78 Å². The van der Waals surface area contributed by atoms with Crippen LogP contribution >= 0.6 is 11.6 Å². The Balaban J connectivity index is 2.16. The summed E-state index contributed by atoms with van der Waals surface area (Å²) in [5, 5.41) is 1.16. The Morgan fingerprint density at radius 2 is 1.96 bits per heavy atom. The number of H-pyrrole nitrogens is 1. The number of pyridine rings is 1. The standard InChI is InChI=1S/C17H13ClN2O3/c1-2-14(21)23-17-12-4-3-11(18)9-13(12)20-15(17)16(22)10-5-7-19-8-6-10/h3-9,20H,2H2,1H3. The fourth-order valence-corrected chi connectivity index (χ4v) is 2.42. The van der Waals surface area contributed by atoms with E-state index in [2.05, 4.69) is 9.97 Å². The van der Waals surface area contributed by atoms with Gasteiger partial charge in [0.15, 0.2) is 5.75 Å². The lowest BCUT2D eigenvalue weighted by atomic mass is 10.1. The summed E-state index contributed by atoms with van der Waals surface area (Å²) < 4.78 is 5.38. The summed E-state index contributed by atoms with van der Waals surface area (Å²) in [5.74, 6) is -0.464. The first kappa shape index (κ1) is 15.2. The number of ketones is 1. The van der Waals surface area contributed by atoms with E-state index in [0.29, 0.717) is 21.5 Å². The highest BCUT2D eigenvalue weighted by molar-refractivity contribution is 6.31. The molecule has 0 saturated carbocycles. The lowest BCUT2D eigenvalue weighted by Gasteiger charge is -2.05. The summed E-state index contributed by atoms with van der Waals surface area (Å²) in [6.07, 6.45) is 3.28. The van der Waals surface area contributed by atoms with E-state index in [1.165, 1.54) is 12.4 Å². The number of halogens is 1. The average molecular weight is 329 g/mol. The van der Waals surface area contributed by atoms with E-state index in [0.717, 1.165) is 0 Å². The maximum Gasteiger partial charge on any atom is 0.310 e. The number of ether oxygens (including phenoxy) is 1. The number of nitrogens with one attached hydrogen (secondary N) is 1. The maximum absolute atomic E-state index is 12.7. The molecular formula is C17H13ClN2O3. The van der Waals surface area contributed by atoms with E-state index in [1.54, 1.807) is 37.3 Å². The van der Waals surface area contributed by atoms with Gasteiger partial charge in [-0.25, -0.2) is 0 Å². The average Bonchev–Trinajstić information content (AvgIpc) is 2.92. The number of carbonyl (C=O) groups excluding carboxylic acids is 2. The van der Waals surface area contributed by atoms with Gasteiger partial charge in [-0.2, -0.15) is 0 Å². The van der Waals surface area contributed by atoms with Gasteiger partial charge >= 0.3 is 5.97 Å². The second kappa shape index (κ2) is 6.22. The number of benzene rings is 1. The number of aromatic amines is 1. The number of esters is 1. The minimum atomic E-state index is -0.412. The lowest BCUT2D eigenvalue weighted by Crippen LogP contribution is -2.10. The van der Waals surface area contributed by atoms with Gasteiger partial charge in [-0.1, -0.05) is 18.5 Å². The summed E-state index contributed by atoms with van der Waals surface area (Å²) in [6.45, 7) is 1.69. The van der Waals surface area contributed by atoms with Crippen molar-refractivity contribution in [1.82, 2.24) is 9.97 Å². The van der Waals surface area contributed by atoms with Gasteiger partial charge in [0.25, 0.3) is 0 Å². The van der Waals surface area contributed by atoms with Crippen molar-refractivity contribution in [3.63, 3.8) is 0 Å². The van der Waals surface area contributed by atoms with Crippen molar-refractivity contribution < 1.29 is 14.3 Å². The molecule has 0 spiro atoms. The quantitative estimate of drug-likeness (QED) is 0.584. The number of hydrogen-bond donors (Lipinski definition) is 1. The Labute approximate surface area is 137 Å². The van der Waals surface area contributed by atoms with Gasteiger partial charge < -0.3 is 9.72 Å². The van der Waals surface area contributed by atoms with Crippen molar-refractivity contribution >= 4 is 34.3 Å². The summed E-state index contributed by atoms with van der Waals surface area (Å²) in [7, 11) is 0. The fraction of sp³-hybridized carbons (Fsp3) is 0.118. The summed E-state index contributed by atoms with van der Waals surface area (Å²) in [5.41, 5.74) is 1.30. The number of nitrogens with zero attached hydrogens (tertiary/aromatic N) is 1. The van der Waals surface area contributed by atoms with Gasteiger partial charge in [-0.05, 0) is 30.3 Å². The molecule has 1 aromatic carbocycles. The van der Waals surface area contributed by atoms with Crippen LogP contribution in [0.5, 0.6) is 5.75 Å². The van der Waals surface area contributed by atoms with Crippen LogP contribution in [0.3, 0.4) is 0 Å². The van der Waals surface area contributed by atoms with Crippen LogP contribution in [0.1, 0.15) is 29.4 Å². The first-order valence-corrected chi connectivity index (χ1v) is 7.44. The van der Waals surface area contributed by atoms with Gasteiger partial charge in [-0.15, -0.1) is 0 Å². The molecule has 0 unspecified atom stereocenters. The van der Waals surface area contributed by atoms with Crippen molar-refractivity contribution in [3.05, 3.63) is 59.0 Å². The second-order valence-electron chi connectivity index (χ2n) is 4.91. The predicted octanol–water partition coefficient (Wildman–Crippen LogP) is 3.76. The Morgan fingerprint density at radius 1 is 1.22 bits per heavy atom. The summed E-state index contributed by atoms with van der Waals surface area (Å²) in [6, 6.07) is 8.29. The van der Waals surface area contributed by atoms with Crippen LogP contribution in [0, 0.1) is 0 Å². The van der Waals surface area contributed by atoms with Crippen molar-refractivity contribution in [2.75, 3.05) is 0 Å². The van der Waals surface area contributed by atoms with Crippen molar-refractivity contribution in [2.24, 2.45) is 0 Å². The first-order valence-electron chi connectivity index (χ1n) is 7.06. The highest BCUT2D eigenvalue weighted by Gasteiger charge is 2.22. The molecule has 116 valence electrons. The molecule has 6 heteroatoms. The van der Waals surface area contributed by atoms with E-state index in [-0.39, 0.29) is 23.6 Å². The largest absolute Gasteiger partial charge is 0.423 e. The monoisotopic (exact) mass is 328 g/mol. The Bertz CT molecular complexity index is 887. The first-order chi connectivity index (χ1) is 11.1. The third kappa shape index (κ3) is 2.96. The molecule has 0 radical (unpaired) electrons. The van der Waals surface area contributed by atoms with Crippen LogP contribution in [-0.4, -0.2) is 21.7 Å². The minimum absolute atomic E-state index is 0.211. The number of rotatable bonds is 4. The number of carbonyl (C=O) groups is 2. The molecular weight excluding hydrogens is 316 g/mol. The predicted molar refractivity (Wildman–Crippen MR) is 86.9 cm³/mol. The van der Waals surface area contributed by atoms with E-state index in [9.17, 15) is 9.59 Å². The minimum Gasteiger partial charge on any atom is -0.423 e. The molecule has 0 aliphatic carbocycles. The molecule has 1 N–H and O–H groups in total. The molecule has 0 amide bonds. The van der Waals surface area contributed by atoms with E-state index >= 15 is 0 Å². The van der Waals surface area contributed by atoms with Crippen LogP contribution in [0.15, 0.2) is 42.7 Å². The third-order valence-corrected chi connectivity index (χ3v) is 3.62. The van der Waals surface area contributed by atoms with Gasteiger partial charge in [0, 0.05) is 34.8 Å². The molecule has 2 aromatic heterocycles. The van der Waals surface area contributed by atoms with Crippen LogP contribution in [0.25, 0.3) is 10.9 Å². The number of fused-ring (bicyclic) bond motifs is 1. The van der Waals surface area contributed by atoms with Gasteiger partial charge in [0.05, 0.1) is 5.52 Å². The van der Waals surface area contributed by atoms with E-state index < -0.39 is 5.97 Å². The number of hydrogen-bond acceptors (Lipinski definition) is 4.